The van der Waals surface area contributed by atoms with E-state index >= 15 is 0 Å². The molecule has 4 rings (SSSR count). The van der Waals surface area contributed by atoms with Crippen LogP contribution in [0.2, 0.25) is 0 Å². The number of carbonyl (C=O) groups excluding carboxylic acids is 1. The minimum Gasteiger partial charge on any atom is -0.508 e. The molecule has 2 aromatic carbocycles. The summed E-state index contributed by atoms with van der Waals surface area (Å²) in [5.41, 5.74) is 3.00. The second kappa shape index (κ2) is 5.71. The second-order valence-corrected chi connectivity index (χ2v) is 6.32. The third kappa shape index (κ3) is 2.35. The Morgan fingerprint density at radius 3 is 2.62 bits per heavy atom. The summed E-state index contributed by atoms with van der Waals surface area (Å²) in [5.74, 6) is -0.109. The zero-order valence-corrected chi connectivity index (χ0v) is 13.5. The summed E-state index contributed by atoms with van der Waals surface area (Å²) in [5, 5.41) is 11.5. The van der Waals surface area contributed by atoms with Crippen LogP contribution in [0.1, 0.15) is 29.9 Å². The molecule has 24 heavy (non-hydrogen) atoms. The van der Waals surface area contributed by atoms with E-state index in [1.807, 2.05) is 31.3 Å². The lowest BCUT2D eigenvalue weighted by Crippen LogP contribution is -2.19. The van der Waals surface area contributed by atoms with E-state index < -0.39 is 0 Å². The van der Waals surface area contributed by atoms with Crippen molar-refractivity contribution in [1.82, 2.24) is 4.57 Å². The van der Waals surface area contributed by atoms with Gasteiger partial charge in [-0.05, 0) is 24.1 Å². The molecule has 0 radical (unpaired) electrons. The molecule has 1 fully saturated rings. The molecule has 4 nitrogen and oxygen atoms in total. The summed E-state index contributed by atoms with van der Waals surface area (Å²) >= 11 is 0. The summed E-state index contributed by atoms with van der Waals surface area (Å²) < 4.78 is 7.66. The van der Waals surface area contributed by atoms with Crippen molar-refractivity contribution in [2.45, 2.75) is 24.9 Å². The SMILES string of the molecule is Cn1cc(C(c2ccccc2O)C2CCC(=O)O2)c2ccccc21. The number of rotatable bonds is 3. The van der Waals surface area contributed by atoms with E-state index in [-0.39, 0.29) is 23.7 Å². The quantitative estimate of drug-likeness (QED) is 0.748. The Labute approximate surface area is 140 Å². The number of phenols is 1. The van der Waals surface area contributed by atoms with E-state index in [1.54, 1.807) is 12.1 Å². The van der Waals surface area contributed by atoms with Gasteiger partial charge in [-0.2, -0.15) is 0 Å². The van der Waals surface area contributed by atoms with Crippen LogP contribution in [0.4, 0.5) is 0 Å². The average molecular weight is 321 g/mol. The van der Waals surface area contributed by atoms with Crippen LogP contribution in [0, 0.1) is 0 Å². The number of ether oxygens (including phenoxy) is 1. The molecule has 0 amide bonds. The molecule has 4 heteroatoms. The predicted molar refractivity (Wildman–Crippen MR) is 92.0 cm³/mol. The largest absolute Gasteiger partial charge is 0.508 e. The number of aryl methyl sites for hydroxylation is 1. The highest BCUT2D eigenvalue weighted by atomic mass is 16.5. The lowest BCUT2D eigenvalue weighted by atomic mass is 9.84. The zero-order chi connectivity index (χ0) is 16.7. The van der Waals surface area contributed by atoms with Crippen LogP contribution in [0.3, 0.4) is 0 Å². The van der Waals surface area contributed by atoms with Crippen LogP contribution < -0.4 is 0 Å². The molecule has 0 bridgehead atoms. The van der Waals surface area contributed by atoms with Crippen LogP contribution >= 0.6 is 0 Å². The van der Waals surface area contributed by atoms with Gasteiger partial charge < -0.3 is 14.4 Å². The topological polar surface area (TPSA) is 51.5 Å². The minimum atomic E-state index is -0.253. The van der Waals surface area contributed by atoms with Gasteiger partial charge in [0, 0.05) is 36.1 Å². The predicted octanol–water partition coefficient (Wildman–Crippen LogP) is 3.72. The molecule has 2 heterocycles. The number of cyclic esters (lactones) is 1. The zero-order valence-electron chi connectivity index (χ0n) is 13.5. The third-order valence-corrected chi connectivity index (χ3v) is 4.82. The molecule has 1 N–H and O–H groups in total. The van der Waals surface area contributed by atoms with Crippen LogP contribution in [0.25, 0.3) is 10.9 Å². The number of hydrogen-bond acceptors (Lipinski definition) is 3. The first-order valence-corrected chi connectivity index (χ1v) is 8.16. The molecule has 1 aliphatic rings. The maximum atomic E-state index is 11.7. The Bertz CT molecular complexity index is 912. The molecule has 0 saturated carbocycles. The second-order valence-electron chi connectivity index (χ2n) is 6.32. The normalized spacial score (nSPS) is 18.7. The summed E-state index contributed by atoms with van der Waals surface area (Å²) in [6.45, 7) is 0. The van der Waals surface area contributed by atoms with Gasteiger partial charge in [0.25, 0.3) is 0 Å². The number of benzene rings is 2. The number of nitrogens with zero attached hydrogens (tertiary/aromatic N) is 1. The summed E-state index contributed by atoms with van der Waals surface area (Å²) in [6.07, 6.45) is 2.92. The van der Waals surface area contributed by atoms with Crippen LogP contribution in [-0.2, 0) is 16.6 Å². The van der Waals surface area contributed by atoms with Gasteiger partial charge in [-0.1, -0.05) is 36.4 Å². The fraction of sp³-hybridized carbons (Fsp3) is 0.250. The Kier molecular flexibility index (Phi) is 3.53. The fourth-order valence-corrected chi connectivity index (χ4v) is 3.72. The first kappa shape index (κ1) is 14.8. The third-order valence-electron chi connectivity index (χ3n) is 4.82. The molecule has 1 saturated heterocycles. The smallest absolute Gasteiger partial charge is 0.306 e. The Morgan fingerprint density at radius 2 is 1.88 bits per heavy atom. The molecule has 3 aromatic rings. The van der Waals surface area contributed by atoms with E-state index in [0.717, 1.165) is 22.0 Å². The van der Waals surface area contributed by atoms with Crippen molar-refractivity contribution in [3.05, 3.63) is 65.9 Å². The maximum Gasteiger partial charge on any atom is 0.306 e. The minimum absolute atomic E-state index is 0.166. The van der Waals surface area contributed by atoms with Crippen molar-refractivity contribution < 1.29 is 14.6 Å². The molecule has 1 aliphatic heterocycles. The van der Waals surface area contributed by atoms with Crippen molar-refractivity contribution in [2.75, 3.05) is 0 Å². The molecule has 2 atom stereocenters. The van der Waals surface area contributed by atoms with Crippen molar-refractivity contribution in [1.29, 1.82) is 0 Å². The highest BCUT2D eigenvalue weighted by Crippen LogP contribution is 2.41. The van der Waals surface area contributed by atoms with Crippen molar-refractivity contribution in [3.8, 4) is 5.75 Å². The number of hydrogen-bond donors (Lipinski definition) is 1. The standard InChI is InChI=1S/C20H19NO3/c1-21-12-15(13-6-2-4-8-16(13)21)20(18-10-11-19(23)24-18)14-7-3-5-9-17(14)22/h2-9,12,18,20,22H,10-11H2,1H3. The number of phenolic OH excluding ortho intramolecular Hbond substituents is 1. The first-order chi connectivity index (χ1) is 11.6. The van der Waals surface area contributed by atoms with Gasteiger partial charge in [0.15, 0.2) is 0 Å². The van der Waals surface area contributed by atoms with Crippen LogP contribution in [0.5, 0.6) is 5.75 Å². The van der Waals surface area contributed by atoms with Crippen LogP contribution in [0.15, 0.2) is 54.7 Å². The van der Waals surface area contributed by atoms with Gasteiger partial charge in [-0.15, -0.1) is 0 Å². The number of para-hydroxylation sites is 2. The molecule has 1 aromatic heterocycles. The maximum absolute atomic E-state index is 11.7. The highest BCUT2D eigenvalue weighted by molar-refractivity contribution is 5.85. The van der Waals surface area contributed by atoms with Crippen molar-refractivity contribution in [3.63, 3.8) is 0 Å². The first-order valence-electron chi connectivity index (χ1n) is 8.16. The Balaban J connectivity index is 1.92. The van der Waals surface area contributed by atoms with Crippen molar-refractivity contribution in [2.24, 2.45) is 7.05 Å². The number of carbonyl (C=O) groups is 1. The van der Waals surface area contributed by atoms with Gasteiger partial charge in [0.1, 0.15) is 11.9 Å². The van der Waals surface area contributed by atoms with Gasteiger partial charge in [-0.25, -0.2) is 0 Å². The summed E-state index contributed by atoms with van der Waals surface area (Å²) in [6, 6.07) is 15.5. The monoisotopic (exact) mass is 321 g/mol. The van der Waals surface area contributed by atoms with Gasteiger partial charge in [0.05, 0.1) is 5.92 Å². The van der Waals surface area contributed by atoms with E-state index in [2.05, 4.69) is 22.9 Å². The molecule has 0 spiro atoms. The van der Waals surface area contributed by atoms with E-state index in [0.29, 0.717) is 12.8 Å². The average Bonchev–Trinajstić information content (AvgIpc) is 3.15. The molecular formula is C20H19NO3. The number of aromatic hydroxyl groups is 1. The van der Waals surface area contributed by atoms with E-state index in [9.17, 15) is 9.90 Å². The lowest BCUT2D eigenvalue weighted by molar-refractivity contribution is -0.141. The number of esters is 1. The van der Waals surface area contributed by atoms with Gasteiger partial charge in [0.2, 0.25) is 0 Å². The van der Waals surface area contributed by atoms with E-state index in [4.69, 9.17) is 4.74 Å². The Morgan fingerprint density at radius 1 is 1.12 bits per heavy atom. The van der Waals surface area contributed by atoms with Crippen LogP contribution in [-0.4, -0.2) is 21.7 Å². The highest BCUT2D eigenvalue weighted by Gasteiger charge is 2.36. The molecule has 2 unspecified atom stereocenters. The van der Waals surface area contributed by atoms with Gasteiger partial charge >= 0.3 is 5.97 Å². The number of aromatic nitrogens is 1. The molecule has 0 aliphatic carbocycles. The Hall–Kier alpha value is -2.75. The number of fused-ring (bicyclic) bond motifs is 1. The van der Waals surface area contributed by atoms with Gasteiger partial charge in [-0.3, -0.25) is 4.79 Å². The molecular weight excluding hydrogens is 302 g/mol. The van der Waals surface area contributed by atoms with Crippen molar-refractivity contribution >= 4 is 16.9 Å². The van der Waals surface area contributed by atoms with E-state index in [1.165, 1.54) is 0 Å². The summed E-state index contributed by atoms with van der Waals surface area (Å²) in [4.78, 5) is 11.7. The molecule has 122 valence electrons. The fourth-order valence-electron chi connectivity index (χ4n) is 3.72. The lowest BCUT2D eigenvalue weighted by Gasteiger charge is -2.23. The summed E-state index contributed by atoms with van der Waals surface area (Å²) in [7, 11) is 2.01.